The molecule has 6 nitrogen and oxygen atoms in total. The fraction of sp³-hybridized carbons (Fsp3) is 0.211. The summed E-state index contributed by atoms with van der Waals surface area (Å²) in [6, 6.07) is 12.8. The second-order valence-corrected chi connectivity index (χ2v) is 6.17. The number of aliphatic carboxylic acids is 1. The molecule has 134 valence electrons. The van der Waals surface area contributed by atoms with Crippen molar-refractivity contribution in [1.29, 1.82) is 0 Å². The first-order valence-electron chi connectivity index (χ1n) is 7.99. The number of carboxylic acids is 1. The molecule has 1 aliphatic heterocycles. The summed E-state index contributed by atoms with van der Waals surface area (Å²) in [4.78, 5) is 20.6. The average molecular weight is 372 g/mol. The van der Waals surface area contributed by atoms with Gasteiger partial charge in [-0.1, -0.05) is 35.9 Å². The van der Waals surface area contributed by atoms with Gasteiger partial charge in [0.15, 0.2) is 5.76 Å². The van der Waals surface area contributed by atoms with Crippen molar-refractivity contribution in [3.8, 4) is 0 Å². The van der Waals surface area contributed by atoms with Gasteiger partial charge >= 0.3 is 5.97 Å². The predicted molar refractivity (Wildman–Crippen MR) is 101 cm³/mol. The molecule has 1 aromatic carbocycles. The Balaban J connectivity index is 2.22. The van der Waals surface area contributed by atoms with E-state index in [1.807, 2.05) is 42.5 Å². The Morgan fingerprint density at radius 3 is 2.62 bits per heavy atom. The highest BCUT2D eigenvalue weighted by molar-refractivity contribution is 6.36. The van der Waals surface area contributed by atoms with E-state index in [0.717, 1.165) is 16.9 Å². The zero-order valence-corrected chi connectivity index (χ0v) is 15.1. The highest BCUT2D eigenvalue weighted by atomic mass is 35.5. The van der Waals surface area contributed by atoms with Gasteiger partial charge < -0.3 is 15.2 Å². The summed E-state index contributed by atoms with van der Waals surface area (Å²) < 4.78 is 5.35. The highest BCUT2D eigenvalue weighted by Crippen LogP contribution is 2.35. The lowest BCUT2D eigenvalue weighted by atomic mass is 10.0. The number of aliphatic imine (C=N–C) groups is 1. The summed E-state index contributed by atoms with van der Waals surface area (Å²) in [6.07, 6.45) is 1.69. The van der Waals surface area contributed by atoms with Gasteiger partial charge in [-0.2, -0.15) is 0 Å². The van der Waals surface area contributed by atoms with E-state index in [9.17, 15) is 9.90 Å². The third kappa shape index (κ3) is 3.41. The molecular weight excluding hydrogens is 354 g/mol. The molecule has 0 spiro atoms. The average Bonchev–Trinajstić information content (AvgIpc) is 2.80. The Kier molecular flexibility index (Phi) is 5.23. The summed E-state index contributed by atoms with van der Waals surface area (Å²) in [6.45, 7) is 1.46. The minimum Gasteiger partial charge on any atom is -0.494 e. The summed E-state index contributed by atoms with van der Waals surface area (Å²) in [7, 11) is 1.40. The first kappa shape index (κ1) is 17.9. The van der Waals surface area contributed by atoms with Crippen LogP contribution in [-0.4, -0.2) is 34.4 Å². The van der Waals surface area contributed by atoms with Crippen molar-refractivity contribution in [1.82, 2.24) is 4.98 Å². The Hall–Kier alpha value is -2.86. The quantitative estimate of drug-likeness (QED) is 0.371. The predicted octanol–water partition coefficient (Wildman–Crippen LogP) is 3.61. The zero-order chi connectivity index (χ0) is 18.7. The molecule has 2 heterocycles. The number of hydrogen-bond donors (Lipinski definition) is 2. The van der Waals surface area contributed by atoms with E-state index >= 15 is 0 Å². The lowest BCUT2D eigenvalue weighted by Crippen LogP contribution is -2.27. The van der Waals surface area contributed by atoms with E-state index in [0.29, 0.717) is 5.71 Å². The van der Waals surface area contributed by atoms with Gasteiger partial charge in [0.05, 0.1) is 18.4 Å². The van der Waals surface area contributed by atoms with E-state index in [-0.39, 0.29) is 11.3 Å². The zero-order valence-electron chi connectivity index (χ0n) is 14.3. The maximum atomic E-state index is 11.4. The van der Waals surface area contributed by atoms with Crippen LogP contribution in [0.4, 0.5) is 5.69 Å². The van der Waals surface area contributed by atoms with E-state index in [2.05, 4.69) is 10.3 Å². The molecule has 0 radical (unpaired) electrons. The fourth-order valence-corrected chi connectivity index (χ4v) is 3.10. The summed E-state index contributed by atoms with van der Waals surface area (Å²) in [5.41, 5.74) is 2.04. The van der Waals surface area contributed by atoms with Crippen LogP contribution in [-0.2, 0) is 9.53 Å². The number of benzene rings is 1. The number of carboxylic acid groups (broad SMARTS) is 1. The van der Waals surface area contributed by atoms with Crippen LogP contribution in [0.1, 0.15) is 24.2 Å². The molecule has 2 atom stereocenters. The highest BCUT2D eigenvalue weighted by Gasteiger charge is 2.30. The fourth-order valence-electron chi connectivity index (χ4n) is 2.83. The number of methoxy groups -OCH3 is 1. The molecule has 0 aliphatic carbocycles. The second kappa shape index (κ2) is 7.58. The van der Waals surface area contributed by atoms with Crippen LogP contribution < -0.4 is 5.32 Å². The maximum absolute atomic E-state index is 11.4. The SMILES string of the molecule is CO/C(C1=N[C@H](c2ccccn2)c2ccccc2NC1Cl)=C(/C)C(=O)O. The van der Waals surface area contributed by atoms with Gasteiger partial charge in [-0.3, -0.25) is 9.98 Å². The van der Waals surface area contributed by atoms with Crippen LogP contribution in [0.15, 0.2) is 65.0 Å². The van der Waals surface area contributed by atoms with E-state index in [1.165, 1.54) is 14.0 Å². The molecule has 0 bridgehead atoms. The number of ether oxygens (including phenoxy) is 1. The Morgan fingerprint density at radius 2 is 1.96 bits per heavy atom. The third-order valence-corrected chi connectivity index (χ3v) is 4.43. The number of alkyl halides is 1. The molecule has 1 aliphatic rings. The Labute approximate surface area is 156 Å². The summed E-state index contributed by atoms with van der Waals surface area (Å²) >= 11 is 6.52. The van der Waals surface area contributed by atoms with Crippen LogP contribution in [0.25, 0.3) is 0 Å². The van der Waals surface area contributed by atoms with E-state index in [1.54, 1.807) is 6.20 Å². The van der Waals surface area contributed by atoms with Gasteiger partial charge in [-0.25, -0.2) is 4.79 Å². The molecule has 2 N–H and O–H groups in total. The Bertz CT molecular complexity index is 881. The molecule has 0 saturated heterocycles. The summed E-state index contributed by atoms with van der Waals surface area (Å²) in [5, 5.41) is 12.5. The van der Waals surface area contributed by atoms with Crippen LogP contribution in [0.5, 0.6) is 0 Å². The number of nitrogens with zero attached hydrogens (tertiary/aromatic N) is 2. The minimum absolute atomic E-state index is 0.0319. The van der Waals surface area contributed by atoms with Crippen LogP contribution in [0.2, 0.25) is 0 Å². The van der Waals surface area contributed by atoms with Crippen molar-refractivity contribution in [2.45, 2.75) is 18.5 Å². The minimum atomic E-state index is -1.09. The molecule has 3 rings (SSSR count). The standard InChI is InChI=1S/C19H18ClN3O3/c1-11(19(24)25)17(26-2)16-18(20)22-13-8-4-3-7-12(13)15(23-16)14-9-5-6-10-21-14/h3-10,15,18,22H,1-2H3,(H,24,25)/b17-11-/t15-,18?/m0/s1. The number of nitrogens with one attached hydrogen (secondary N) is 1. The van der Waals surface area contributed by atoms with Gasteiger partial charge in [-0.15, -0.1) is 0 Å². The van der Waals surface area contributed by atoms with Crippen LogP contribution in [0.3, 0.4) is 0 Å². The van der Waals surface area contributed by atoms with Crippen LogP contribution in [0, 0.1) is 0 Å². The lowest BCUT2D eigenvalue weighted by Gasteiger charge is -2.17. The Morgan fingerprint density at radius 1 is 1.23 bits per heavy atom. The van der Waals surface area contributed by atoms with Gasteiger partial charge in [0.2, 0.25) is 0 Å². The number of pyridine rings is 1. The van der Waals surface area contributed by atoms with E-state index in [4.69, 9.17) is 21.3 Å². The molecular formula is C19H18ClN3O3. The van der Waals surface area contributed by atoms with Crippen molar-refractivity contribution < 1.29 is 14.6 Å². The van der Waals surface area contributed by atoms with Gasteiger partial charge in [-0.05, 0) is 25.1 Å². The number of anilines is 1. The van der Waals surface area contributed by atoms with Gasteiger partial charge in [0.25, 0.3) is 0 Å². The number of para-hydroxylation sites is 1. The van der Waals surface area contributed by atoms with Crippen molar-refractivity contribution in [2.75, 3.05) is 12.4 Å². The molecule has 0 amide bonds. The van der Waals surface area contributed by atoms with E-state index < -0.39 is 17.5 Å². The third-order valence-electron chi connectivity index (χ3n) is 4.11. The maximum Gasteiger partial charge on any atom is 0.335 e. The number of halogens is 1. The molecule has 7 heteroatoms. The normalized spacial score (nSPS) is 20.0. The number of carbonyl (C=O) groups is 1. The largest absolute Gasteiger partial charge is 0.494 e. The van der Waals surface area contributed by atoms with Crippen molar-refractivity contribution >= 4 is 29.0 Å². The molecule has 1 aromatic heterocycles. The lowest BCUT2D eigenvalue weighted by molar-refractivity contribution is -0.132. The molecule has 0 saturated carbocycles. The molecule has 2 aromatic rings. The first-order valence-corrected chi connectivity index (χ1v) is 8.43. The molecule has 1 unspecified atom stereocenters. The monoisotopic (exact) mass is 371 g/mol. The second-order valence-electron chi connectivity index (χ2n) is 5.73. The smallest absolute Gasteiger partial charge is 0.335 e. The number of hydrogen-bond acceptors (Lipinski definition) is 5. The number of rotatable bonds is 4. The van der Waals surface area contributed by atoms with Gasteiger partial charge in [0, 0.05) is 17.4 Å². The van der Waals surface area contributed by atoms with Crippen molar-refractivity contribution in [3.05, 3.63) is 71.3 Å². The van der Waals surface area contributed by atoms with Gasteiger partial charge in [0.1, 0.15) is 17.3 Å². The number of fused-ring (bicyclic) bond motifs is 1. The van der Waals surface area contributed by atoms with Crippen LogP contribution >= 0.6 is 11.6 Å². The van der Waals surface area contributed by atoms with Crippen molar-refractivity contribution in [2.24, 2.45) is 4.99 Å². The molecule has 26 heavy (non-hydrogen) atoms. The molecule has 0 fully saturated rings. The summed E-state index contributed by atoms with van der Waals surface area (Å²) in [5.74, 6) is -0.955. The number of aromatic nitrogens is 1. The van der Waals surface area contributed by atoms with Crippen molar-refractivity contribution in [3.63, 3.8) is 0 Å². The topological polar surface area (TPSA) is 83.8 Å². The first-order chi connectivity index (χ1) is 12.5.